The largest absolute Gasteiger partial charge is 0.381 e. The maximum Gasteiger partial charge on any atom is 0.315 e. The van der Waals surface area contributed by atoms with Crippen LogP contribution in [0.25, 0.3) is 0 Å². The molecule has 1 atom stereocenters. The van der Waals surface area contributed by atoms with E-state index in [0.29, 0.717) is 19.0 Å². The third kappa shape index (κ3) is 3.98. The summed E-state index contributed by atoms with van der Waals surface area (Å²) in [6.45, 7) is 4.69. The van der Waals surface area contributed by atoms with Crippen LogP contribution in [0.3, 0.4) is 0 Å². The van der Waals surface area contributed by atoms with Crippen LogP contribution >= 0.6 is 11.3 Å². The average molecular weight is 255 g/mol. The number of aryl methyl sites for hydroxylation is 1. The second-order valence-corrected chi connectivity index (χ2v) is 5.21. The van der Waals surface area contributed by atoms with Gasteiger partial charge in [0.1, 0.15) is 0 Å². The zero-order valence-corrected chi connectivity index (χ0v) is 10.7. The molecule has 1 saturated heterocycles. The van der Waals surface area contributed by atoms with Crippen molar-refractivity contribution in [3.8, 4) is 0 Å². The Balaban J connectivity index is 1.63. The maximum absolute atomic E-state index is 11.5. The number of hydrogen-bond acceptors (Lipinski definition) is 4. The summed E-state index contributed by atoms with van der Waals surface area (Å²) in [6.07, 6.45) is 1.03. The molecule has 94 valence electrons. The third-order valence-electron chi connectivity index (χ3n) is 2.67. The molecule has 1 aromatic heterocycles. The van der Waals surface area contributed by atoms with Gasteiger partial charge in [-0.2, -0.15) is 0 Å². The van der Waals surface area contributed by atoms with Gasteiger partial charge in [0.15, 0.2) is 0 Å². The van der Waals surface area contributed by atoms with Crippen LogP contribution in [0.1, 0.15) is 17.1 Å². The van der Waals surface area contributed by atoms with E-state index in [1.165, 1.54) is 0 Å². The average Bonchev–Trinajstić information content (AvgIpc) is 2.95. The molecule has 2 amide bonds. The molecule has 17 heavy (non-hydrogen) atoms. The van der Waals surface area contributed by atoms with Gasteiger partial charge in [-0.3, -0.25) is 0 Å². The van der Waals surface area contributed by atoms with Gasteiger partial charge in [-0.15, -0.1) is 11.3 Å². The van der Waals surface area contributed by atoms with Crippen LogP contribution in [0.4, 0.5) is 4.79 Å². The Morgan fingerprint density at radius 1 is 1.65 bits per heavy atom. The second kappa shape index (κ2) is 5.97. The van der Waals surface area contributed by atoms with Gasteiger partial charge in [0.2, 0.25) is 0 Å². The molecule has 1 aliphatic rings. The highest BCUT2D eigenvalue weighted by Gasteiger charge is 2.16. The van der Waals surface area contributed by atoms with Crippen molar-refractivity contribution in [2.24, 2.45) is 5.92 Å². The van der Waals surface area contributed by atoms with Crippen molar-refractivity contribution in [3.05, 3.63) is 16.1 Å². The number of nitrogens with one attached hydrogen (secondary N) is 2. The van der Waals surface area contributed by atoms with E-state index in [2.05, 4.69) is 15.6 Å². The Bertz CT molecular complexity index is 375. The van der Waals surface area contributed by atoms with Crippen LogP contribution in [-0.4, -0.2) is 30.8 Å². The number of amides is 2. The highest BCUT2D eigenvalue weighted by atomic mass is 32.1. The molecule has 0 unspecified atom stereocenters. The molecular formula is C11H17N3O2S. The van der Waals surface area contributed by atoms with Gasteiger partial charge < -0.3 is 15.4 Å². The van der Waals surface area contributed by atoms with E-state index in [-0.39, 0.29) is 6.03 Å². The molecule has 6 heteroatoms. The highest BCUT2D eigenvalue weighted by Crippen LogP contribution is 2.10. The summed E-state index contributed by atoms with van der Waals surface area (Å²) in [6, 6.07) is -0.137. The first-order chi connectivity index (χ1) is 8.24. The predicted molar refractivity (Wildman–Crippen MR) is 66.0 cm³/mol. The monoisotopic (exact) mass is 255 g/mol. The van der Waals surface area contributed by atoms with Gasteiger partial charge in [-0.1, -0.05) is 0 Å². The fourth-order valence-corrected chi connectivity index (χ4v) is 2.32. The maximum atomic E-state index is 11.5. The highest BCUT2D eigenvalue weighted by molar-refractivity contribution is 7.09. The molecule has 5 nitrogen and oxygen atoms in total. The number of carbonyl (C=O) groups is 1. The zero-order valence-electron chi connectivity index (χ0n) is 9.86. The number of hydrogen-bond donors (Lipinski definition) is 2. The molecule has 1 fully saturated rings. The number of rotatable bonds is 4. The molecule has 1 aliphatic heterocycles. The summed E-state index contributed by atoms with van der Waals surface area (Å²) in [5.41, 5.74) is 0.909. The fourth-order valence-electron chi connectivity index (χ4n) is 1.70. The van der Waals surface area contributed by atoms with Gasteiger partial charge in [-0.25, -0.2) is 9.78 Å². The van der Waals surface area contributed by atoms with E-state index < -0.39 is 0 Å². The van der Waals surface area contributed by atoms with Crippen molar-refractivity contribution in [1.82, 2.24) is 15.6 Å². The van der Waals surface area contributed by atoms with Crippen molar-refractivity contribution >= 4 is 17.4 Å². The fraction of sp³-hybridized carbons (Fsp3) is 0.636. The molecule has 2 rings (SSSR count). The van der Waals surface area contributed by atoms with Gasteiger partial charge in [0, 0.05) is 24.4 Å². The van der Waals surface area contributed by atoms with E-state index in [4.69, 9.17) is 4.74 Å². The Morgan fingerprint density at radius 3 is 3.18 bits per heavy atom. The minimum atomic E-state index is -0.137. The Labute approximate surface area is 105 Å². The molecular weight excluding hydrogens is 238 g/mol. The molecule has 2 N–H and O–H groups in total. The number of carbonyl (C=O) groups excluding carboxylic acids is 1. The number of ether oxygens (including phenoxy) is 1. The van der Waals surface area contributed by atoms with Crippen LogP contribution < -0.4 is 10.6 Å². The third-order valence-corrected chi connectivity index (χ3v) is 3.49. The summed E-state index contributed by atoms with van der Waals surface area (Å²) in [5.74, 6) is 0.460. The Hall–Kier alpha value is -1.14. The van der Waals surface area contributed by atoms with E-state index in [1.807, 2.05) is 12.3 Å². The summed E-state index contributed by atoms with van der Waals surface area (Å²) < 4.78 is 5.24. The van der Waals surface area contributed by atoms with Crippen molar-refractivity contribution in [2.45, 2.75) is 19.9 Å². The first-order valence-electron chi connectivity index (χ1n) is 5.74. The smallest absolute Gasteiger partial charge is 0.315 e. The lowest BCUT2D eigenvalue weighted by molar-refractivity contribution is 0.185. The van der Waals surface area contributed by atoms with Gasteiger partial charge >= 0.3 is 6.03 Å². The minimum absolute atomic E-state index is 0.137. The van der Waals surface area contributed by atoms with Crippen molar-refractivity contribution in [2.75, 3.05) is 19.8 Å². The second-order valence-electron chi connectivity index (χ2n) is 4.15. The van der Waals surface area contributed by atoms with E-state index in [9.17, 15) is 4.79 Å². The van der Waals surface area contributed by atoms with Gasteiger partial charge in [-0.05, 0) is 13.3 Å². The lowest BCUT2D eigenvalue weighted by atomic mass is 10.1. The molecule has 2 heterocycles. The Morgan fingerprint density at radius 2 is 2.53 bits per heavy atom. The summed E-state index contributed by atoms with van der Waals surface area (Å²) >= 11 is 1.59. The van der Waals surface area contributed by atoms with Crippen LogP contribution in [0.15, 0.2) is 5.38 Å². The lowest BCUT2D eigenvalue weighted by Crippen LogP contribution is -2.38. The molecule has 0 radical (unpaired) electrons. The van der Waals surface area contributed by atoms with E-state index in [1.54, 1.807) is 11.3 Å². The first kappa shape index (κ1) is 12.3. The number of aromatic nitrogens is 1. The van der Waals surface area contributed by atoms with Crippen molar-refractivity contribution in [1.29, 1.82) is 0 Å². The molecule has 0 bridgehead atoms. The quantitative estimate of drug-likeness (QED) is 0.852. The molecule has 0 aliphatic carbocycles. The number of thiazole rings is 1. The lowest BCUT2D eigenvalue weighted by Gasteiger charge is -2.09. The summed E-state index contributed by atoms with van der Waals surface area (Å²) in [4.78, 5) is 15.8. The van der Waals surface area contributed by atoms with Crippen LogP contribution in [0, 0.1) is 12.8 Å². The van der Waals surface area contributed by atoms with E-state index >= 15 is 0 Å². The molecule has 0 aromatic carbocycles. The van der Waals surface area contributed by atoms with Gasteiger partial charge in [0.25, 0.3) is 0 Å². The first-order valence-corrected chi connectivity index (χ1v) is 6.62. The SMILES string of the molecule is Cc1nc(CNC(=O)NC[C@@H]2CCOC2)cs1. The predicted octanol–water partition coefficient (Wildman–Crippen LogP) is 1.29. The normalized spacial score (nSPS) is 19.2. The van der Waals surface area contributed by atoms with E-state index in [0.717, 1.165) is 30.3 Å². The molecule has 0 spiro atoms. The summed E-state index contributed by atoms with van der Waals surface area (Å²) in [5, 5.41) is 8.61. The molecule has 0 saturated carbocycles. The van der Waals surface area contributed by atoms with Crippen molar-refractivity contribution < 1.29 is 9.53 Å². The summed E-state index contributed by atoms with van der Waals surface area (Å²) in [7, 11) is 0. The minimum Gasteiger partial charge on any atom is -0.381 e. The Kier molecular flexibility index (Phi) is 4.33. The number of urea groups is 1. The number of nitrogens with zero attached hydrogens (tertiary/aromatic N) is 1. The van der Waals surface area contributed by atoms with Gasteiger partial charge in [0.05, 0.1) is 23.9 Å². The molecule has 1 aromatic rings. The van der Waals surface area contributed by atoms with Crippen molar-refractivity contribution in [3.63, 3.8) is 0 Å². The van der Waals surface area contributed by atoms with Crippen LogP contribution in [-0.2, 0) is 11.3 Å². The standard InChI is InChI=1S/C11H17N3O2S/c1-8-14-10(7-17-8)5-13-11(15)12-4-9-2-3-16-6-9/h7,9H,2-6H2,1H3,(H2,12,13,15)/t9-/m0/s1. The zero-order chi connectivity index (χ0) is 12.1. The van der Waals surface area contributed by atoms with Crippen LogP contribution in [0.2, 0.25) is 0 Å². The van der Waals surface area contributed by atoms with Crippen LogP contribution in [0.5, 0.6) is 0 Å². The topological polar surface area (TPSA) is 63.2 Å².